The van der Waals surface area contributed by atoms with Crippen molar-refractivity contribution in [3.63, 3.8) is 0 Å². The predicted molar refractivity (Wildman–Crippen MR) is 85.2 cm³/mol. The number of nitrogens with zero attached hydrogens (tertiary/aromatic N) is 4. The summed E-state index contributed by atoms with van der Waals surface area (Å²) in [5, 5.41) is 9.56. The number of halogens is 2. The molecule has 0 saturated heterocycles. The fourth-order valence-corrected chi connectivity index (χ4v) is 3.20. The lowest BCUT2D eigenvalue weighted by molar-refractivity contribution is 0.627. The number of hydrogen-bond acceptors (Lipinski definition) is 4. The van der Waals surface area contributed by atoms with E-state index in [0.29, 0.717) is 10.8 Å². The van der Waals surface area contributed by atoms with Gasteiger partial charge in [0.25, 0.3) is 0 Å². The first-order valence-corrected chi connectivity index (χ1v) is 7.88. The quantitative estimate of drug-likeness (QED) is 0.677. The molecule has 22 heavy (non-hydrogen) atoms. The molecule has 4 nitrogen and oxygen atoms in total. The van der Waals surface area contributed by atoms with E-state index in [0.717, 1.165) is 22.1 Å². The Kier molecular flexibility index (Phi) is 4.40. The third-order valence-corrected chi connectivity index (χ3v) is 4.55. The highest BCUT2D eigenvalue weighted by molar-refractivity contribution is 7.98. The summed E-state index contributed by atoms with van der Waals surface area (Å²) in [6.45, 7) is 0. The lowest BCUT2D eigenvalue weighted by Gasteiger charge is -2.05. The summed E-state index contributed by atoms with van der Waals surface area (Å²) in [5.74, 6) is 1.01. The van der Waals surface area contributed by atoms with Gasteiger partial charge in [-0.15, -0.1) is 10.2 Å². The van der Waals surface area contributed by atoms with Crippen molar-refractivity contribution in [2.75, 3.05) is 0 Å². The Morgan fingerprint density at radius 1 is 1.27 bits per heavy atom. The number of thioether (sulfide) groups is 1. The minimum atomic E-state index is -0.337. The zero-order valence-electron chi connectivity index (χ0n) is 11.7. The summed E-state index contributed by atoms with van der Waals surface area (Å²) in [5.41, 5.74) is 1.77. The van der Waals surface area contributed by atoms with Gasteiger partial charge < -0.3 is 4.57 Å². The van der Waals surface area contributed by atoms with E-state index in [1.54, 1.807) is 18.5 Å². The van der Waals surface area contributed by atoms with Crippen LogP contribution >= 0.6 is 23.4 Å². The normalized spacial score (nSPS) is 10.9. The third-order valence-electron chi connectivity index (χ3n) is 3.13. The van der Waals surface area contributed by atoms with E-state index >= 15 is 0 Å². The Morgan fingerprint density at radius 2 is 2.14 bits per heavy atom. The topological polar surface area (TPSA) is 43.6 Å². The molecule has 0 aliphatic carbocycles. The highest BCUT2D eigenvalue weighted by Gasteiger charge is 2.12. The van der Waals surface area contributed by atoms with Crippen molar-refractivity contribution >= 4 is 23.4 Å². The summed E-state index contributed by atoms with van der Waals surface area (Å²) in [6.07, 6.45) is 3.46. The number of rotatable bonds is 4. The Morgan fingerprint density at radius 3 is 2.86 bits per heavy atom. The van der Waals surface area contributed by atoms with Gasteiger partial charge in [0.1, 0.15) is 5.82 Å². The van der Waals surface area contributed by atoms with E-state index in [-0.39, 0.29) is 5.82 Å². The van der Waals surface area contributed by atoms with Crippen LogP contribution in [0.1, 0.15) is 5.56 Å². The van der Waals surface area contributed by atoms with Crippen molar-refractivity contribution in [3.05, 3.63) is 59.1 Å². The molecule has 0 amide bonds. The summed E-state index contributed by atoms with van der Waals surface area (Å²) in [6, 6.07) is 8.19. The van der Waals surface area contributed by atoms with Crippen LogP contribution in [0.15, 0.2) is 47.9 Å². The molecule has 0 fully saturated rings. The Labute approximate surface area is 136 Å². The van der Waals surface area contributed by atoms with E-state index in [1.165, 1.54) is 23.9 Å². The largest absolute Gasteiger partial charge is 0.305 e. The Bertz CT molecular complexity index is 791. The lowest BCUT2D eigenvalue weighted by Crippen LogP contribution is -1.95. The van der Waals surface area contributed by atoms with Crippen LogP contribution in [0.3, 0.4) is 0 Å². The maximum absolute atomic E-state index is 13.0. The zero-order valence-corrected chi connectivity index (χ0v) is 13.3. The highest BCUT2D eigenvalue weighted by atomic mass is 35.5. The number of pyridine rings is 1. The molecule has 1 aromatic carbocycles. The van der Waals surface area contributed by atoms with Gasteiger partial charge in [0.2, 0.25) is 0 Å². The van der Waals surface area contributed by atoms with E-state index in [2.05, 4.69) is 15.2 Å². The Balaban J connectivity index is 1.78. The van der Waals surface area contributed by atoms with Crippen LogP contribution in [0.5, 0.6) is 0 Å². The van der Waals surface area contributed by atoms with Gasteiger partial charge in [-0.3, -0.25) is 4.98 Å². The molecule has 7 heteroatoms. The monoisotopic (exact) mass is 334 g/mol. The molecule has 0 radical (unpaired) electrons. The molecule has 0 bridgehead atoms. The van der Waals surface area contributed by atoms with Gasteiger partial charge >= 0.3 is 0 Å². The van der Waals surface area contributed by atoms with Gasteiger partial charge in [0, 0.05) is 35.8 Å². The summed E-state index contributed by atoms with van der Waals surface area (Å²) >= 11 is 7.53. The standard InChI is InChI=1S/C15H12ClFN4S/c1-21-14(10-3-2-6-18-8-10)19-20-15(21)22-9-11-4-5-12(17)7-13(11)16/h2-8H,9H2,1H3. The molecule has 0 atom stereocenters. The van der Waals surface area contributed by atoms with E-state index in [9.17, 15) is 4.39 Å². The SMILES string of the molecule is Cn1c(SCc2ccc(F)cc2Cl)nnc1-c1cccnc1. The van der Waals surface area contributed by atoms with Crippen LogP contribution in [-0.2, 0) is 12.8 Å². The van der Waals surface area contributed by atoms with Gasteiger partial charge in [-0.1, -0.05) is 29.4 Å². The lowest BCUT2D eigenvalue weighted by atomic mass is 10.2. The first kappa shape index (κ1) is 15.0. The molecule has 0 saturated carbocycles. The molecule has 0 N–H and O–H groups in total. The van der Waals surface area contributed by atoms with Crippen molar-refractivity contribution in [2.24, 2.45) is 7.05 Å². The van der Waals surface area contributed by atoms with Crippen molar-refractivity contribution < 1.29 is 4.39 Å². The molecular weight excluding hydrogens is 323 g/mol. The van der Waals surface area contributed by atoms with E-state index < -0.39 is 0 Å². The average Bonchev–Trinajstić information content (AvgIpc) is 2.88. The summed E-state index contributed by atoms with van der Waals surface area (Å²) in [7, 11) is 1.90. The molecule has 3 aromatic rings. The van der Waals surface area contributed by atoms with Crippen LogP contribution < -0.4 is 0 Å². The molecule has 3 rings (SSSR count). The van der Waals surface area contributed by atoms with Gasteiger partial charge in [-0.05, 0) is 29.8 Å². The van der Waals surface area contributed by atoms with Crippen LogP contribution in [0.4, 0.5) is 4.39 Å². The van der Waals surface area contributed by atoms with Crippen molar-refractivity contribution in [2.45, 2.75) is 10.9 Å². The van der Waals surface area contributed by atoms with Gasteiger partial charge in [0.15, 0.2) is 11.0 Å². The maximum Gasteiger partial charge on any atom is 0.191 e. The van der Waals surface area contributed by atoms with Gasteiger partial charge in [0.05, 0.1) is 0 Å². The maximum atomic E-state index is 13.0. The molecule has 0 spiro atoms. The van der Waals surface area contributed by atoms with Gasteiger partial charge in [-0.25, -0.2) is 4.39 Å². The molecule has 2 aromatic heterocycles. The molecular formula is C15H12ClFN4S. The fourth-order valence-electron chi connectivity index (χ4n) is 1.97. The number of aromatic nitrogens is 4. The van der Waals surface area contributed by atoms with E-state index in [4.69, 9.17) is 11.6 Å². The second kappa shape index (κ2) is 6.46. The summed E-state index contributed by atoms with van der Waals surface area (Å²) < 4.78 is 14.9. The first-order chi connectivity index (χ1) is 10.6. The highest BCUT2D eigenvalue weighted by Crippen LogP contribution is 2.28. The molecule has 0 unspecified atom stereocenters. The van der Waals surface area contributed by atoms with Crippen LogP contribution in [0, 0.1) is 5.82 Å². The molecule has 0 aliphatic heterocycles. The Hall–Kier alpha value is -1.92. The second-order valence-corrected chi connectivity index (χ2v) is 5.98. The van der Waals surface area contributed by atoms with Crippen LogP contribution in [0.2, 0.25) is 5.02 Å². The molecule has 112 valence electrons. The van der Waals surface area contributed by atoms with Crippen LogP contribution in [-0.4, -0.2) is 19.7 Å². The smallest absolute Gasteiger partial charge is 0.191 e. The van der Waals surface area contributed by atoms with Gasteiger partial charge in [-0.2, -0.15) is 0 Å². The predicted octanol–water partition coefficient (Wildman–Crippen LogP) is 3.96. The number of benzene rings is 1. The fraction of sp³-hybridized carbons (Fsp3) is 0.133. The minimum absolute atomic E-state index is 0.337. The second-order valence-electron chi connectivity index (χ2n) is 4.63. The van der Waals surface area contributed by atoms with Crippen molar-refractivity contribution in [1.82, 2.24) is 19.7 Å². The van der Waals surface area contributed by atoms with Crippen molar-refractivity contribution in [1.29, 1.82) is 0 Å². The van der Waals surface area contributed by atoms with Crippen LogP contribution in [0.25, 0.3) is 11.4 Å². The molecule has 0 aliphatic rings. The summed E-state index contributed by atoms with van der Waals surface area (Å²) in [4.78, 5) is 4.08. The first-order valence-electron chi connectivity index (χ1n) is 6.51. The average molecular weight is 335 g/mol. The molecule has 2 heterocycles. The van der Waals surface area contributed by atoms with E-state index in [1.807, 2.05) is 23.7 Å². The number of hydrogen-bond donors (Lipinski definition) is 0. The minimum Gasteiger partial charge on any atom is -0.305 e. The third kappa shape index (κ3) is 3.13. The van der Waals surface area contributed by atoms with Crippen molar-refractivity contribution in [3.8, 4) is 11.4 Å². The zero-order chi connectivity index (χ0) is 15.5.